The molecule has 4 fully saturated rings. The minimum absolute atomic E-state index is 0. The van der Waals surface area contributed by atoms with E-state index in [1.165, 1.54) is 77.0 Å². The maximum absolute atomic E-state index is 4.50. The number of hydrogen-bond donors (Lipinski definition) is 0. The van der Waals surface area contributed by atoms with Crippen LogP contribution in [0.25, 0.3) is 0 Å². The molecule has 0 aromatic carbocycles. The average Bonchev–Trinajstić information content (AvgIpc) is 3.88. The second-order valence-electron chi connectivity index (χ2n) is 4.44. The lowest BCUT2D eigenvalue weighted by molar-refractivity contribution is 1.50. The Kier molecular flexibility index (Phi) is 4000. The van der Waals surface area contributed by atoms with Gasteiger partial charge in [0.2, 0.25) is 0 Å². The Morgan fingerprint density at radius 3 is 0.218 bits per heavy atom. The summed E-state index contributed by atoms with van der Waals surface area (Å²) in [5.74, 6) is 0. The van der Waals surface area contributed by atoms with E-state index in [9.17, 15) is 0 Å². The van der Waals surface area contributed by atoms with Gasteiger partial charge < -0.3 is 0 Å². The van der Waals surface area contributed by atoms with E-state index < -0.39 is 0 Å². The van der Waals surface area contributed by atoms with Crippen molar-refractivity contribution in [2.75, 3.05) is 0 Å². The monoisotopic (exact) mass is 807 g/mol. The van der Waals surface area contributed by atoms with Crippen molar-refractivity contribution in [2.45, 2.75) is 342 Å². The highest BCUT2D eigenvalue weighted by molar-refractivity contribution is 7.17. The first-order chi connectivity index (χ1) is 18.4. The van der Waals surface area contributed by atoms with Crippen LogP contribution in [0, 0.1) is 0 Å². The minimum Gasteiger partial charge on any atom is -0.0776 e. The summed E-state index contributed by atoms with van der Waals surface area (Å²) >= 11 is 0. The lowest BCUT2D eigenvalue weighted by Crippen LogP contribution is -1.79. The Balaban J connectivity index is -0.00000000426. The quantitative estimate of drug-likeness (QED) is 0.214. The van der Waals surface area contributed by atoms with Gasteiger partial charge in [0.05, 0.1) is 0 Å². The lowest BCUT2D eigenvalue weighted by atomic mass is 9.40. The lowest BCUT2D eigenvalue weighted by Gasteiger charge is -1.41. The molecule has 4 aliphatic carbocycles. The Morgan fingerprint density at radius 2 is 0.218 bits per heavy atom. The van der Waals surface area contributed by atoms with Crippen molar-refractivity contribution in [1.82, 2.24) is 0 Å². The van der Waals surface area contributed by atoms with Gasteiger partial charge in [0.25, 0.3) is 0 Å². The first kappa shape index (κ1) is 254. The number of rotatable bonds is 0. The average molecular weight is 807 g/mol. The van der Waals surface area contributed by atoms with E-state index in [0.29, 0.717) is 0 Å². The van der Waals surface area contributed by atoms with Crippen LogP contribution in [-0.2, 0) is 0 Å². The Hall–Kier alpha value is 0.390. The van der Waals surface area contributed by atoms with Crippen molar-refractivity contribution in [2.24, 2.45) is 0 Å². The zero-order valence-electron chi connectivity index (χ0n) is 31.9. The summed E-state index contributed by atoms with van der Waals surface area (Å²) in [5, 5.41) is 0. The molecule has 0 nitrogen and oxygen atoms in total. The molecule has 55 heavy (non-hydrogen) atoms. The molecule has 366 valence electrons. The van der Waals surface area contributed by atoms with Gasteiger partial charge in [0.15, 0.2) is 0 Å². The molecule has 6 heteroatoms. The summed E-state index contributed by atoms with van der Waals surface area (Å²) in [5.41, 5.74) is 0. The highest BCUT2D eigenvalue weighted by Crippen LogP contribution is 2.15. The number of hydrogen-bond acceptors (Lipinski definition) is 0. The Bertz CT molecular complexity index is 80.5. The molecule has 0 aromatic heterocycles. The summed E-state index contributed by atoms with van der Waals surface area (Å²) in [6.07, 6.45) is 18.0. The fourth-order valence-corrected chi connectivity index (χ4v) is 0. The molecular weight excluding hydrogens is 653 g/mol. The molecule has 4 rings (SSSR count). The van der Waals surface area contributed by atoms with Crippen LogP contribution >= 0.6 is 0 Å². The van der Waals surface area contributed by atoms with E-state index in [1.54, 1.807) is 0 Å². The molecule has 0 N–H and O–H groups in total. The van der Waals surface area contributed by atoms with Crippen LogP contribution in [0.3, 0.4) is 0 Å². The molecule has 0 amide bonds. The van der Waals surface area contributed by atoms with Gasteiger partial charge in [-0.25, -0.2) is 0 Å². The van der Waals surface area contributed by atoms with E-state index >= 15 is 0 Å². The van der Waals surface area contributed by atoms with Gasteiger partial charge in [-0.1, -0.05) is 342 Å². The summed E-state index contributed by atoms with van der Waals surface area (Å²) in [6, 6.07) is 0. The fourth-order valence-electron chi connectivity index (χ4n) is 0. The maximum Gasteiger partial charge on any atom is 0 e. The molecule has 0 heterocycles. The van der Waals surface area contributed by atoms with Crippen LogP contribution in [0.2, 0.25) is 0 Å². The minimum atomic E-state index is 0. The van der Waals surface area contributed by atoms with Crippen molar-refractivity contribution in [3.05, 3.63) is 0 Å². The van der Waals surface area contributed by atoms with Crippen LogP contribution in [0.15, 0.2) is 0 Å². The SMILES string of the molecule is C.C.C.C.C.C.C.C.C.C.C.C.C.C.C.C.C.C1CC1.C1CC1.C1CC1.C1CC1.CC.CC.CC.CC.CC.CC.CC.CC.CC.CC.[B].[B][B].[B][B][B]. The summed E-state index contributed by atoms with van der Waals surface area (Å²) in [4.78, 5) is 0. The summed E-state index contributed by atoms with van der Waals surface area (Å²) < 4.78 is 0. The van der Waals surface area contributed by atoms with Crippen molar-refractivity contribution in [3.63, 3.8) is 0 Å². The highest BCUT2D eigenvalue weighted by Gasteiger charge is 1.96. The Labute approximate surface area is 386 Å². The van der Waals surface area contributed by atoms with Crippen molar-refractivity contribution in [1.29, 1.82) is 0 Å². The standard InChI is InChI=1S/4C3H6.10C2H6.17CH4.B3.B2.B/c4*1-2-3-1;10*1-2;;;;;;;;;;;;;;;;;;1-3-2;1-2;/h4*1-3H2;10*1-2H3;17*1H4;;;. The first-order valence-corrected chi connectivity index (χ1v) is 17.0. The van der Waals surface area contributed by atoms with Crippen molar-refractivity contribution < 1.29 is 0 Å². The smallest absolute Gasteiger partial charge is 0 e. The molecule has 0 saturated heterocycles. The van der Waals surface area contributed by atoms with Crippen LogP contribution in [0.4, 0.5) is 0 Å². The van der Waals surface area contributed by atoms with Crippen LogP contribution in [0.1, 0.15) is 342 Å². The molecule has 4 saturated carbocycles. The third-order valence-electron chi connectivity index (χ3n) is 1.41. The molecule has 12 radical (unpaired) electrons. The maximum atomic E-state index is 4.50. The molecule has 4 aliphatic rings. The van der Waals surface area contributed by atoms with Gasteiger partial charge >= 0.3 is 0 Å². The molecular formula is C49H152B6. The molecule has 0 spiro atoms. The largest absolute Gasteiger partial charge is 0.0776 e. The third kappa shape index (κ3) is 7750. The molecule has 0 unspecified atom stereocenters. The van der Waals surface area contributed by atoms with E-state index in [4.69, 9.17) is 0 Å². The van der Waals surface area contributed by atoms with Crippen LogP contribution in [0.5, 0.6) is 0 Å². The van der Waals surface area contributed by atoms with E-state index in [1.807, 2.05) is 138 Å². The normalized spacial score (nSPS) is 6.62. The van der Waals surface area contributed by atoms with Gasteiger partial charge in [-0.2, -0.15) is 0 Å². The molecule has 0 aliphatic heterocycles. The first-order valence-electron chi connectivity index (χ1n) is 17.0. The molecule has 0 bridgehead atoms. The van der Waals surface area contributed by atoms with Gasteiger partial charge in [-0.3, -0.25) is 0 Å². The Morgan fingerprint density at radius 1 is 0.200 bits per heavy atom. The van der Waals surface area contributed by atoms with Crippen LogP contribution in [-0.4, -0.2) is 46.4 Å². The van der Waals surface area contributed by atoms with Gasteiger partial charge in [0, 0.05) is 46.4 Å². The highest BCUT2D eigenvalue weighted by atomic mass is 14.0. The summed E-state index contributed by atoms with van der Waals surface area (Å²) in [6.45, 7) is 40.0. The van der Waals surface area contributed by atoms with Crippen molar-refractivity contribution >= 4 is 46.4 Å². The van der Waals surface area contributed by atoms with Crippen LogP contribution < -0.4 is 0 Å². The van der Waals surface area contributed by atoms with Crippen molar-refractivity contribution in [3.8, 4) is 0 Å². The second kappa shape index (κ2) is 865. The van der Waals surface area contributed by atoms with E-state index in [2.05, 4.69) is 30.9 Å². The second-order valence-corrected chi connectivity index (χ2v) is 4.44. The topological polar surface area (TPSA) is 0 Å². The third-order valence-corrected chi connectivity index (χ3v) is 1.41. The summed E-state index contributed by atoms with van der Waals surface area (Å²) in [7, 11) is 18.0. The zero-order chi connectivity index (χ0) is 33.2. The van der Waals surface area contributed by atoms with E-state index in [-0.39, 0.29) is 135 Å². The predicted octanol–water partition coefficient (Wildman–Crippen LogP) is 23.5. The fraction of sp³-hybridized carbons (Fsp3) is 1.00. The zero-order valence-corrected chi connectivity index (χ0v) is 31.9. The van der Waals surface area contributed by atoms with Gasteiger partial charge in [0.1, 0.15) is 0 Å². The predicted molar refractivity (Wildman–Crippen MR) is 318 cm³/mol. The molecule has 0 aromatic rings. The van der Waals surface area contributed by atoms with E-state index in [0.717, 1.165) is 7.06 Å². The van der Waals surface area contributed by atoms with Gasteiger partial charge in [-0.05, 0) is 0 Å². The van der Waals surface area contributed by atoms with Gasteiger partial charge in [-0.15, -0.1) is 0 Å². The molecule has 0 atom stereocenters.